The molecule has 1 rings (SSSR count). The molecule has 6 heteroatoms. The molecule has 0 saturated heterocycles. The van der Waals surface area contributed by atoms with Crippen molar-refractivity contribution in [2.75, 3.05) is 0 Å². The van der Waals surface area contributed by atoms with E-state index in [1.807, 2.05) is 0 Å². The molecule has 0 saturated carbocycles. The Morgan fingerprint density at radius 3 is 2.23 bits per heavy atom. The van der Waals surface area contributed by atoms with E-state index < -0.39 is 24.1 Å². The standard InChI is InChI=1S/C7H4BrF4N/c8-4-3(6(9)10)1-2-13-5(4)7(11)12/h1-2,6-7H. The van der Waals surface area contributed by atoms with Gasteiger partial charge in [0.1, 0.15) is 5.69 Å². The molecule has 1 aromatic heterocycles. The van der Waals surface area contributed by atoms with Gasteiger partial charge in [-0.3, -0.25) is 4.98 Å². The van der Waals surface area contributed by atoms with Crippen LogP contribution in [-0.4, -0.2) is 4.98 Å². The van der Waals surface area contributed by atoms with E-state index in [1.54, 1.807) is 0 Å². The second kappa shape index (κ2) is 4.04. The first-order chi connectivity index (χ1) is 6.04. The smallest absolute Gasteiger partial charge is 0.254 e. The summed E-state index contributed by atoms with van der Waals surface area (Å²) in [4.78, 5) is 3.29. The van der Waals surface area contributed by atoms with Crippen molar-refractivity contribution in [2.45, 2.75) is 12.9 Å². The van der Waals surface area contributed by atoms with E-state index in [2.05, 4.69) is 20.9 Å². The zero-order chi connectivity index (χ0) is 10.0. The van der Waals surface area contributed by atoms with Gasteiger partial charge in [0.15, 0.2) is 0 Å². The summed E-state index contributed by atoms with van der Waals surface area (Å²) in [6.45, 7) is 0. The van der Waals surface area contributed by atoms with Crippen LogP contribution in [0.1, 0.15) is 24.1 Å². The minimum atomic E-state index is -2.85. The van der Waals surface area contributed by atoms with Crippen molar-refractivity contribution in [2.24, 2.45) is 0 Å². The van der Waals surface area contributed by atoms with Gasteiger partial charge in [-0.15, -0.1) is 0 Å². The van der Waals surface area contributed by atoms with Gasteiger partial charge in [0, 0.05) is 11.8 Å². The topological polar surface area (TPSA) is 12.9 Å². The van der Waals surface area contributed by atoms with Crippen LogP contribution in [0, 0.1) is 0 Å². The molecular weight excluding hydrogens is 254 g/mol. The Balaban J connectivity index is 3.18. The Hall–Kier alpha value is -0.650. The number of hydrogen-bond acceptors (Lipinski definition) is 1. The second-order valence-electron chi connectivity index (χ2n) is 2.20. The lowest BCUT2D eigenvalue weighted by molar-refractivity contribution is 0.138. The zero-order valence-electron chi connectivity index (χ0n) is 6.15. The molecule has 0 atom stereocenters. The van der Waals surface area contributed by atoms with Crippen molar-refractivity contribution in [1.82, 2.24) is 4.98 Å². The molecule has 1 heterocycles. The van der Waals surface area contributed by atoms with Crippen LogP contribution in [0.4, 0.5) is 17.6 Å². The van der Waals surface area contributed by atoms with Crippen molar-refractivity contribution >= 4 is 15.9 Å². The number of hydrogen-bond donors (Lipinski definition) is 0. The van der Waals surface area contributed by atoms with Crippen LogP contribution < -0.4 is 0 Å². The number of pyridine rings is 1. The van der Waals surface area contributed by atoms with Crippen molar-refractivity contribution in [3.05, 3.63) is 28.0 Å². The first-order valence-electron chi connectivity index (χ1n) is 3.24. The van der Waals surface area contributed by atoms with Crippen LogP contribution >= 0.6 is 15.9 Å². The number of halogens is 5. The van der Waals surface area contributed by atoms with Gasteiger partial charge < -0.3 is 0 Å². The summed E-state index contributed by atoms with van der Waals surface area (Å²) >= 11 is 2.66. The zero-order valence-corrected chi connectivity index (χ0v) is 7.73. The molecule has 0 radical (unpaired) electrons. The largest absolute Gasteiger partial charge is 0.281 e. The third kappa shape index (κ3) is 2.18. The van der Waals surface area contributed by atoms with E-state index in [-0.39, 0.29) is 4.47 Å². The minimum absolute atomic E-state index is 0.319. The van der Waals surface area contributed by atoms with Crippen molar-refractivity contribution in [1.29, 1.82) is 0 Å². The lowest BCUT2D eigenvalue weighted by Gasteiger charge is -2.06. The molecule has 0 N–H and O–H groups in total. The first-order valence-corrected chi connectivity index (χ1v) is 4.04. The maximum atomic E-state index is 12.2. The van der Waals surface area contributed by atoms with Gasteiger partial charge in [0.25, 0.3) is 12.9 Å². The van der Waals surface area contributed by atoms with Gasteiger partial charge in [-0.25, -0.2) is 17.6 Å². The van der Waals surface area contributed by atoms with Gasteiger partial charge in [0.2, 0.25) is 0 Å². The fourth-order valence-electron chi connectivity index (χ4n) is 0.796. The monoisotopic (exact) mass is 257 g/mol. The van der Waals surface area contributed by atoms with Gasteiger partial charge in [-0.2, -0.15) is 0 Å². The number of rotatable bonds is 2. The third-order valence-electron chi connectivity index (χ3n) is 1.39. The van der Waals surface area contributed by atoms with Gasteiger partial charge in [-0.1, -0.05) is 0 Å². The molecule has 0 aliphatic carbocycles. The van der Waals surface area contributed by atoms with Crippen LogP contribution in [-0.2, 0) is 0 Å². The Kier molecular flexibility index (Phi) is 3.24. The maximum Gasteiger partial charge on any atom is 0.281 e. The van der Waals surface area contributed by atoms with Gasteiger partial charge >= 0.3 is 0 Å². The Morgan fingerprint density at radius 2 is 1.77 bits per heavy atom. The number of aromatic nitrogens is 1. The summed E-state index contributed by atoms with van der Waals surface area (Å²) in [6, 6.07) is 1.00. The lowest BCUT2D eigenvalue weighted by Crippen LogP contribution is -1.96. The van der Waals surface area contributed by atoms with Crippen molar-refractivity contribution < 1.29 is 17.6 Å². The van der Waals surface area contributed by atoms with Crippen LogP contribution in [0.25, 0.3) is 0 Å². The molecular formula is C7H4BrF4N. The van der Waals surface area contributed by atoms with E-state index in [4.69, 9.17) is 0 Å². The Labute approximate surface area is 79.9 Å². The van der Waals surface area contributed by atoms with E-state index in [0.717, 1.165) is 12.3 Å². The molecule has 0 fully saturated rings. The molecule has 1 aromatic rings. The fourth-order valence-corrected chi connectivity index (χ4v) is 1.38. The highest BCUT2D eigenvalue weighted by Crippen LogP contribution is 2.33. The molecule has 0 spiro atoms. The Morgan fingerprint density at radius 1 is 1.15 bits per heavy atom. The minimum Gasteiger partial charge on any atom is -0.254 e. The molecule has 0 aliphatic heterocycles. The lowest BCUT2D eigenvalue weighted by atomic mass is 10.2. The summed E-state index contributed by atoms with van der Waals surface area (Å²) in [6.07, 6.45) is -4.70. The van der Waals surface area contributed by atoms with Gasteiger partial charge in [0.05, 0.1) is 4.47 Å². The molecule has 0 aliphatic rings. The van der Waals surface area contributed by atoms with E-state index in [9.17, 15) is 17.6 Å². The second-order valence-corrected chi connectivity index (χ2v) is 2.99. The van der Waals surface area contributed by atoms with Crippen molar-refractivity contribution in [3.63, 3.8) is 0 Å². The molecule has 13 heavy (non-hydrogen) atoms. The van der Waals surface area contributed by atoms with Crippen LogP contribution in [0.15, 0.2) is 16.7 Å². The highest BCUT2D eigenvalue weighted by Gasteiger charge is 2.20. The summed E-state index contributed by atoms with van der Waals surface area (Å²) in [5, 5.41) is 0. The normalized spacial score (nSPS) is 11.3. The molecule has 0 bridgehead atoms. The average Bonchev–Trinajstić information content (AvgIpc) is 2.03. The molecule has 1 nitrogen and oxygen atoms in total. The summed E-state index contributed by atoms with van der Waals surface area (Å²) in [5.41, 5.74) is -1.12. The highest BCUT2D eigenvalue weighted by atomic mass is 79.9. The van der Waals surface area contributed by atoms with Crippen LogP contribution in [0.5, 0.6) is 0 Å². The Bertz CT molecular complexity index is 276. The fraction of sp³-hybridized carbons (Fsp3) is 0.286. The van der Waals surface area contributed by atoms with Gasteiger partial charge in [-0.05, 0) is 22.0 Å². The molecule has 72 valence electrons. The SMILES string of the molecule is FC(F)c1ccnc(C(F)F)c1Br. The summed E-state index contributed by atoms with van der Waals surface area (Å²) in [7, 11) is 0. The first kappa shape index (κ1) is 10.4. The third-order valence-corrected chi connectivity index (χ3v) is 2.25. The van der Waals surface area contributed by atoms with Crippen LogP contribution in [0.2, 0.25) is 0 Å². The average molecular weight is 258 g/mol. The molecule has 0 aromatic carbocycles. The highest BCUT2D eigenvalue weighted by molar-refractivity contribution is 9.10. The van der Waals surface area contributed by atoms with E-state index >= 15 is 0 Å². The quantitative estimate of drug-likeness (QED) is 0.736. The summed E-state index contributed by atoms with van der Waals surface area (Å²) in [5.74, 6) is 0. The van der Waals surface area contributed by atoms with Crippen LogP contribution in [0.3, 0.4) is 0 Å². The van der Waals surface area contributed by atoms with E-state index in [0.29, 0.717) is 0 Å². The molecule has 0 unspecified atom stereocenters. The maximum absolute atomic E-state index is 12.2. The number of nitrogens with zero attached hydrogens (tertiary/aromatic N) is 1. The predicted molar refractivity (Wildman–Crippen MR) is 41.9 cm³/mol. The number of alkyl halides is 4. The van der Waals surface area contributed by atoms with Crippen molar-refractivity contribution in [3.8, 4) is 0 Å². The summed E-state index contributed by atoms with van der Waals surface area (Å²) < 4.78 is 48.3. The van der Waals surface area contributed by atoms with E-state index in [1.165, 1.54) is 0 Å². The molecule has 0 amide bonds. The predicted octanol–water partition coefficient (Wildman–Crippen LogP) is 3.72.